The summed E-state index contributed by atoms with van der Waals surface area (Å²) < 4.78 is 5.93. The SMILES string of the molecule is C=C(C)[C@@H]1CC[C@]2(NC[C@@](C)(O)CO)CC[C@]3(C)[C@H](CC[C@@H]4[C@@]5(C)CC=C(C6=CC[C@](COc7ncccc7C(N)=O)(C(=O)O)CC6)C(C)(C)[C@@H]5CC[C@]43C)[C@@H]12. The van der Waals surface area contributed by atoms with Crippen LogP contribution in [0.15, 0.2) is 53.8 Å². The predicted molar refractivity (Wildman–Crippen MR) is 219 cm³/mol. The fourth-order valence-electron chi connectivity index (χ4n) is 14.5. The first-order valence-corrected chi connectivity index (χ1v) is 21.5. The summed E-state index contributed by atoms with van der Waals surface area (Å²) in [5.74, 6) is 1.15. The van der Waals surface area contributed by atoms with Crippen molar-refractivity contribution in [2.24, 2.45) is 62.4 Å². The largest absolute Gasteiger partial charge is 0.481 e. The van der Waals surface area contributed by atoms with E-state index in [-0.39, 0.29) is 51.9 Å². The maximum absolute atomic E-state index is 12.8. The van der Waals surface area contributed by atoms with Crippen molar-refractivity contribution in [2.45, 2.75) is 137 Å². The first kappa shape index (κ1) is 41.2. The number of nitrogens with zero attached hydrogens (tertiary/aromatic N) is 1. The number of carboxylic acid groups (broad SMARTS) is 1. The highest BCUT2D eigenvalue weighted by Crippen LogP contribution is 2.76. The second-order valence-corrected chi connectivity index (χ2v) is 20.9. The van der Waals surface area contributed by atoms with E-state index >= 15 is 0 Å². The second-order valence-electron chi connectivity index (χ2n) is 20.9. The number of carbonyl (C=O) groups is 2. The Labute approximate surface area is 335 Å². The molecule has 4 fully saturated rings. The Balaban J connectivity index is 1.13. The molecule has 0 unspecified atom stereocenters. The summed E-state index contributed by atoms with van der Waals surface area (Å²) in [6.45, 7) is 21.4. The molecule has 1 aromatic heterocycles. The Morgan fingerprint density at radius 1 is 1.00 bits per heavy atom. The lowest BCUT2D eigenvalue weighted by Crippen LogP contribution is -2.68. The topological polar surface area (TPSA) is 155 Å². The van der Waals surface area contributed by atoms with Gasteiger partial charge in [-0.25, -0.2) is 4.98 Å². The van der Waals surface area contributed by atoms with E-state index in [1.807, 2.05) is 0 Å². The van der Waals surface area contributed by atoms with Crippen LogP contribution in [0.3, 0.4) is 0 Å². The van der Waals surface area contributed by atoms with Gasteiger partial charge in [-0.3, -0.25) is 9.59 Å². The maximum atomic E-state index is 12.8. The number of aromatic nitrogens is 1. The lowest BCUT2D eigenvalue weighted by atomic mass is 9.33. The highest BCUT2D eigenvalue weighted by molar-refractivity contribution is 5.95. The molecule has 7 rings (SSSR count). The Morgan fingerprint density at radius 3 is 2.39 bits per heavy atom. The number of nitrogens with one attached hydrogen (secondary N) is 1. The lowest BCUT2D eigenvalue weighted by molar-refractivity contribution is -0.221. The summed E-state index contributed by atoms with van der Waals surface area (Å²) >= 11 is 0. The van der Waals surface area contributed by atoms with Crippen molar-refractivity contribution in [3.63, 3.8) is 0 Å². The molecule has 6 aliphatic rings. The molecule has 0 aromatic carbocycles. The number of rotatable bonds is 11. The first-order chi connectivity index (χ1) is 26.2. The van der Waals surface area contributed by atoms with E-state index < -0.39 is 22.9 Å². The number of fused-ring (bicyclic) bond motifs is 7. The zero-order valence-corrected chi connectivity index (χ0v) is 35.2. The average molecular weight is 772 g/mol. The normalized spacial score (nSPS) is 41.1. The highest BCUT2D eigenvalue weighted by Gasteiger charge is 2.70. The Kier molecular flexibility index (Phi) is 10.3. The van der Waals surface area contributed by atoms with Gasteiger partial charge in [0.2, 0.25) is 5.88 Å². The van der Waals surface area contributed by atoms with Crippen LogP contribution in [0.4, 0.5) is 0 Å². The van der Waals surface area contributed by atoms with E-state index in [2.05, 4.69) is 70.6 Å². The minimum absolute atomic E-state index is 0.0370. The molecule has 11 atom stereocenters. The van der Waals surface area contributed by atoms with Crippen LogP contribution in [-0.4, -0.2) is 63.1 Å². The number of carboxylic acids is 1. The maximum Gasteiger partial charge on any atom is 0.313 e. The number of β-amino-alcohol motifs (C(OH)–C–C–N with tert-alkyl or cyclic N) is 1. The zero-order valence-electron chi connectivity index (χ0n) is 35.2. The molecule has 9 heteroatoms. The van der Waals surface area contributed by atoms with Crippen molar-refractivity contribution in [1.29, 1.82) is 0 Å². The number of ether oxygens (including phenoxy) is 1. The summed E-state index contributed by atoms with van der Waals surface area (Å²) in [5.41, 5.74) is 7.82. The molecular weight excluding hydrogens is 703 g/mol. The molecule has 56 heavy (non-hydrogen) atoms. The molecule has 1 heterocycles. The Hall–Kier alpha value is -3.01. The number of hydrogen-bond donors (Lipinski definition) is 5. The van der Waals surface area contributed by atoms with Gasteiger partial charge < -0.3 is 31.1 Å². The zero-order chi connectivity index (χ0) is 40.7. The van der Waals surface area contributed by atoms with Gasteiger partial charge in [0.15, 0.2) is 0 Å². The molecule has 308 valence electrons. The molecule has 0 saturated heterocycles. The van der Waals surface area contributed by atoms with Crippen molar-refractivity contribution in [3.8, 4) is 5.88 Å². The third-order valence-corrected chi connectivity index (χ3v) is 17.7. The third kappa shape index (κ3) is 6.23. The smallest absolute Gasteiger partial charge is 0.313 e. The number of hydrogen-bond acceptors (Lipinski definition) is 7. The molecule has 0 radical (unpaired) electrons. The number of aliphatic hydroxyl groups is 2. The van der Waals surface area contributed by atoms with Crippen LogP contribution in [0.25, 0.3) is 0 Å². The van der Waals surface area contributed by atoms with Gasteiger partial charge in [0.05, 0.1) is 12.2 Å². The second kappa shape index (κ2) is 14.1. The number of primary amides is 1. The number of carbonyl (C=O) groups excluding carboxylic acids is 1. The molecular formula is C47H69N3O6. The summed E-state index contributed by atoms with van der Waals surface area (Å²) in [6, 6.07) is 3.16. The van der Waals surface area contributed by atoms with Gasteiger partial charge in [-0.2, -0.15) is 0 Å². The van der Waals surface area contributed by atoms with E-state index in [1.165, 1.54) is 55.0 Å². The van der Waals surface area contributed by atoms with E-state index in [0.717, 1.165) is 25.7 Å². The summed E-state index contributed by atoms with van der Waals surface area (Å²) in [6.07, 6.45) is 18.1. The van der Waals surface area contributed by atoms with Crippen LogP contribution in [0, 0.1) is 56.7 Å². The van der Waals surface area contributed by atoms with Crippen LogP contribution in [-0.2, 0) is 4.79 Å². The van der Waals surface area contributed by atoms with Crippen LogP contribution < -0.4 is 15.8 Å². The fourth-order valence-corrected chi connectivity index (χ4v) is 14.5. The predicted octanol–water partition coefficient (Wildman–Crippen LogP) is 8.02. The number of allylic oxidation sites excluding steroid dienone is 5. The van der Waals surface area contributed by atoms with Gasteiger partial charge in [0, 0.05) is 18.3 Å². The van der Waals surface area contributed by atoms with Gasteiger partial charge in [0.25, 0.3) is 5.91 Å². The quantitative estimate of drug-likeness (QED) is 0.142. The Bertz CT molecular complexity index is 1820. The summed E-state index contributed by atoms with van der Waals surface area (Å²) in [5, 5.41) is 35.2. The summed E-state index contributed by atoms with van der Waals surface area (Å²) in [4.78, 5) is 28.9. The van der Waals surface area contributed by atoms with Crippen LogP contribution in [0.1, 0.15) is 136 Å². The molecule has 6 aliphatic carbocycles. The lowest BCUT2D eigenvalue weighted by Gasteiger charge is -2.72. The van der Waals surface area contributed by atoms with Crippen molar-refractivity contribution in [2.75, 3.05) is 19.8 Å². The standard InChI is InChI=1S/C47H69N3O6/c1-29(2)31-15-22-47(50-26-42(5,55)27-51)24-23-44(7)34(37(31)47)11-12-36-43(6)18-16-33(41(3,4)35(43)17-19-45(36,44)8)30-13-20-46(21-14-30,40(53)54)28-56-39-32(38(48)52)10-9-25-49-39/h9-10,13,16,25,31,34-37,50-51,55H,1,11-12,14-15,17-24,26-28H2,2-8H3,(H2,48,52)(H,53,54)/t31-,34+,35-,36+,37+,42+,43-,44+,45+,46-,47-/m0/s1. The van der Waals surface area contributed by atoms with E-state index in [9.17, 15) is 24.9 Å². The van der Waals surface area contributed by atoms with Crippen LogP contribution >= 0.6 is 0 Å². The molecule has 0 spiro atoms. The minimum atomic E-state index is -1.14. The molecule has 4 saturated carbocycles. The minimum Gasteiger partial charge on any atom is -0.481 e. The van der Waals surface area contributed by atoms with Crippen molar-refractivity contribution >= 4 is 11.9 Å². The molecule has 1 amide bonds. The monoisotopic (exact) mass is 772 g/mol. The summed E-state index contributed by atoms with van der Waals surface area (Å²) in [7, 11) is 0. The van der Waals surface area contributed by atoms with Gasteiger partial charge in [-0.15, -0.1) is 0 Å². The number of aliphatic hydroxyl groups excluding tert-OH is 1. The number of amides is 1. The van der Waals surface area contributed by atoms with Crippen LogP contribution in [0.2, 0.25) is 0 Å². The number of nitrogens with two attached hydrogens (primary N) is 1. The first-order valence-electron chi connectivity index (χ1n) is 21.5. The van der Waals surface area contributed by atoms with Gasteiger partial charge >= 0.3 is 5.97 Å². The molecule has 6 N–H and O–H groups in total. The van der Waals surface area contributed by atoms with Crippen molar-refractivity contribution < 1.29 is 29.6 Å². The van der Waals surface area contributed by atoms with Crippen molar-refractivity contribution in [1.82, 2.24) is 10.3 Å². The molecule has 0 aliphatic heterocycles. The average Bonchev–Trinajstić information content (AvgIpc) is 3.54. The van der Waals surface area contributed by atoms with E-state index in [1.54, 1.807) is 19.1 Å². The highest BCUT2D eigenvalue weighted by atomic mass is 16.5. The number of aliphatic carboxylic acids is 1. The molecule has 1 aromatic rings. The van der Waals surface area contributed by atoms with Gasteiger partial charge in [-0.05, 0) is 165 Å². The van der Waals surface area contributed by atoms with Crippen LogP contribution in [0.5, 0.6) is 5.88 Å². The fraction of sp³-hybridized carbons (Fsp3) is 0.723. The van der Waals surface area contributed by atoms with E-state index in [4.69, 9.17) is 10.5 Å². The Morgan fingerprint density at radius 2 is 1.75 bits per heavy atom. The third-order valence-electron chi connectivity index (χ3n) is 17.7. The van der Waals surface area contributed by atoms with Gasteiger partial charge in [0.1, 0.15) is 17.6 Å². The molecule has 0 bridgehead atoms. The number of pyridine rings is 1. The molecule has 9 nitrogen and oxygen atoms in total. The van der Waals surface area contributed by atoms with Gasteiger partial charge in [-0.1, -0.05) is 58.9 Å². The van der Waals surface area contributed by atoms with Crippen molar-refractivity contribution in [3.05, 3.63) is 59.3 Å². The van der Waals surface area contributed by atoms with E-state index in [0.29, 0.717) is 55.4 Å².